The number of hydrogen-bond donors (Lipinski definition) is 1. The van der Waals surface area contributed by atoms with Gasteiger partial charge in [-0.15, -0.1) is 0 Å². The fourth-order valence-electron chi connectivity index (χ4n) is 4.07. The smallest absolute Gasteiger partial charge is 0.273 e. The van der Waals surface area contributed by atoms with Gasteiger partial charge in [-0.3, -0.25) is 19.8 Å². The summed E-state index contributed by atoms with van der Waals surface area (Å²) in [5.41, 5.74) is 6.27. The van der Waals surface area contributed by atoms with Crippen molar-refractivity contribution in [2.75, 3.05) is 6.54 Å². The first-order valence-electron chi connectivity index (χ1n) is 10.8. The number of carbonyl (C=O) groups is 3. The Kier molecular flexibility index (Phi) is 5.96. The molecule has 0 atom stereocenters. The van der Waals surface area contributed by atoms with Crippen molar-refractivity contribution in [3.63, 3.8) is 0 Å². The number of barbiturate groups is 1. The number of imide groups is 2. The molecule has 0 aliphatic carbocycles. The van der Waals surface area contributed by atoms with Crippen LogP contribution >= 0.6 is 0 Å². The third-order valence-electron chi connectivity index (χ3n) is 5.87. The number of urea groups is 1. The fraction of sp³-hybridized carbons (Fsp3) is 0.231. The van der Waals surface area contributed by atoms with Crippen LogP contribution in [0.3, 0.4) is 0 Å². The van der Waals surface area contributed by atoms with Crippen LogP contribution in [-0.4, -0.2) is 39.1 Å². The molecule has 2 aromatic carbocycles. The third kappa shape index (κ3) is 4.35. The van der Waals surface area contributed by atoms with Crippen LogP contribution in [0, 0.1) is 27.7 Å². The summed E-state index contributed by atoms with van der Waals surface area (Å²) in [4.78, 5) is 39.1. The maximum atomic E-state index is 13.1. The minimum Gasteiger partial charge on any atom is -0.273 e. The van der Waals surface area contributed by atoms with Crippen molar-refractivity contribution < 1.29 is 14.4 Å². The Labute approximate surface area is 192 Å². The second kappa shape index (κ2) is 8.86. The average molecular weight is 443 g/mol. The lowest BCUT2D eigenvalue weighted by atomic mass is 10.0. The van der Waals surface area contributed by atoms with E-state index in [1.54, 1.807) is 0 Å². The van der Waals surface area contributed by atoms with E-state index in [9.17, 15) is 14.4 Å². The van der Waals surface area contributed by atoms with Crippen molar-refractivity contribution in [2.45, 2.75) is 34.1 Å². The van der Waals surface area contributed by atoms with Crippen molar-refractivity contribution in [1.82, 2.24) is 20.0 Å². The van der Waals surface area contributed by atoms with E-state index < -0.39 is 17.8 Å². The van der Waals surface area contributed by atoms with Gasteiger partial charge in [0.25, 0.3) is 11.8 Å². The topological polar surface area (TPSA) is 84.3 Å². The number of aromatic nitrogens is 2. The monoisotopic (exact) mass is 442 g/mol. The molecule has 33 heavy (non-hydrogen) atoms. The quantitative estimate of drug-likeness (QED) is 0.481. The molecule has 7 nitrogen and oxygen atoms in total. The second-order valence-electron chi connectivity index (χ2n) is 8.30. The predicted octanol–water partition coefficient (Wildman–Crippen LogP) is 3.81. The molecule has 3 aromatic rings. The lowest BCUT2D eigenvalue weighted by molar-refractivity contribution is -0.130. The highest BCUT2D eigenvalue weighted by Gasteiger charge is 2.35. The predicted molar refractivity (Wildman–Crippen MR) is 126 cm³/mol. The van der Waals surface area contributed by atoms with Gasteiger partial charge in [-0.25, -0.2) is 9.48 Å². The number of carbonyl (C=O) groups excluding carboxylic acids is 3. The minimum absolute atomic E-state index is 0.0750. The van der Waals surface area contributed by atoms with Gasteiger partial charge in [0.1, 0.15) is 5.57 Å². The van der Waals surface area contributed by atoms with E-state index >= 15 is 0 Å². The second-order valence-corrected chi connectivity index (χ2v) is 8.30. The third-order valence-corrected chi connectivity index (χ3v) is 5.87. The van der Waals surface area contributed by atoms with Gasteiger partial charge >= 0.3 is 6.03 Å². The van der Waals surface area contributed by atoms with E-state index in [1.807, 2.05) is 74.8 Å². The Bertz CT molecular complexity index is 1290. The maximum absolute atomic E-state index is 13.1. The summed E-state index contributed by atoms with van der Waals surface area (Å²) in [6.07, 6.45) is 2.04. The molecule has 0 spiro atoms. The van der Waals surface area contributed by atoms with E-state index in [1.165, 1.54) is 6.08 Å². The largest absolute Gasteiger partial charge is 0.331 e. The number of amides is 4. The number of hydrogen-bond acceptors (Lipinski definition) is 4. The molecule has 0 radical (unpaired) electrons. The molecule has 0 bridgehead atoms. The van der Waals surface area contributed by atoms with E-state index in [-0.39, 0.29) is 12.1 Å². The van der Waals surface area contributed by atoms with E-state index in [0.717, 1.165) is 33.0 Å². The van der Waals surface area contributed by atoms with Crippen LogP contribution in [0.2, 0.25) is 0 Å². The van der Waals surface area contributed by atoms with Gasteiger partial charge < -0.3 is 0 Å². The molecular weight excluding hydrogens is 416 g/mol. The molecule has 2 heterocycles. The van der Waals surface area contributed by atoms with Crippen molar-refractivity contribution >= 4 is 23.9 Å². The summed E-state index contributed by atoms with van der Waals surface area (Å²) in [7, 11) is 0. The Balaban J connectivity index is 1.66. The molecule has 0 saturated carbocycles. The SMILES string of the molecule is Cc1ccc(-n2nc(C)c(/C=C3\C(=O)NC(=O)N(CCc4ccccc4)C3=O)c2C)c(C)c1. The van der Waals surface area contributed by atoms with Crippen molar-refractivity contribution in [2.24, 2.45) is 0 Å². The lowest BCUT2D eigenvalue weighted by Crippen LogP contribution is -2.54. The molecule has 1 N–H and O–H groups in total. The summed E-state index contributed by atoms with van der Waals surface area (Å²) in [6, 6.07) is 15.0. The van der Waals surface area contributed by atoms with Crippen LogP contribution in [0.1, 0.15) is 33.6 Å². The first-order chi connectivity index (χ1) is 15.8. The normalized spacial score (nSPS) is 15.3. The zero-order valence-corrected chi connectivity index (χ0v) is 19.2. The van der Waals surface area contributed by atoms with E-state index in [2.05, 4.69) is 16.5 Å². The molecule has 4 amide bonds. The van der Waals surface area contributed by atoms with Gasteiger partial charge in [0, 0.05) is 17.8 Å². The number of nitrogens with zero attached hydrogens (tertiary/aromatic N) is 3. The van der Waals surface area contributed by atoms with Crippen molar-refractivity contribution in [3.8, 4) is 5.69 Å². The molecular formula is C26H26N4O3. The number of rotatable bonds is 5. The zero-order valence-electron chi connectivity index (χ0n) is 19.2. The maximum Gasteiger partial charge on any atom is 0.331 e. The molecule has 1 aromatic heterocycles. The first kappa shape index (κ1) is 22.2. The zero-order chi connectivity index (χ0) is 23.7. The minimum atomic E-state index is -0.697. The molecule has 1 saturated heterocycles. The van der Waals surface area contributed by atoms with Crippen molar-refractivity contribution in [1.29, 1.82) is 0 Å². The van der Waals surface area contributed by atoms with E-state index in [0.29, 0.717) is 17.7 Å². The van der Waals surface area contributed by atoms with Crippen LogP contribution in [0.25, 0.3) is 11.8 Å². The summed E-state index contributed by atoms with van der Waals surface area (Å²) >= 11 is 0. The summed E-state index contributed by atoms with van der Waals surface area (Å²) in [6.45, 7) is 7.97. The van der Waals surface area contributed by atoms with Crippen LogP contribution in [0.5, 0.6) is 0 Å². The van der Waals surface area contributed by atoms with Crippen LogP contribution in [0.15, 0.2) is 54.1 Å². The molecule has 4 rings (SSSR count). The van der Waals surface area contributed by atoms with Gasteiger partial charge in [-0.1, -0.05) is 48.0 Å². The van der Waals surface area contributed by atoms with Crippen LogP contribution < -0.4 is 5.32 Å². The van der Waals surface area contributed by atoms with E-state index in [4.69, 9.17) is 0 Å². The summed E-state index contributed by atoms with van der Waals surface area (Å²) in [5, 5.41) is 6.94. The highest BCUT2D eigenvalue weighted by molar-refractivity contribution is 6.31. The molecule has 7 heteroatoms. The summed E-state index contributed by atoms with van der Waals surface area (Å²) in [5.74, 6) is -1.29. The summed E-state index contributed by atoms with van der Waals surface area (Å²) < 4.78 is 1.82. The number of aryl methyl sites for hydroxylation is 3. The average Bonchev–Trinajstić information content (AvgIpc) is 3.05. The van der Waals surface area contributed by atoms with Crippen LogP contribution in [-0.2, 0) is 16.0 Å². The molecule has 1 aliphatic rings. The van der Waals surface area contributed by atoms with Gasteiger partial charge in [-0.2, -0.15) is 5.10 Å². The van der Waals surface area contributed by atoms with Crippen LogP contribution in [0.4, 0.5) is 4.79 Å². The van der Waals surface area contributed by atoms with Gasteiger partial charge in [0.15, 0.2) is 0 Å². The molecule has 0 unspecified atom stereocenters. The molecule has 1 fully saturated rings. The Morgan fingerprint density at radius 2 is 1.70 bits per heavy atom. The molecule has 1 aliphatic heterocycles. The number of benzene rings is 2. The van der Waals surface area contributed by atoms with Gasteiger partial charge in [0.2, 0.25) is 0 Å². The highest BCUT2D eigenvalue weighted by atomic mass is 16.2. The highest BCUT2D eigenvalue weighted by Crippen LogP contribution is 2.24. The Morgan fingerprint density at radius 3 is 2.39 bits per heavy atom. The fourth-order valence-corrected chi connectivity index (χ4v) is 4.07. The molecule has 168 valence electrons. The van der Waals surface area contributed by atoms with Gasteiger partial charge in [-0.05, 0) is 57.4 Å². The Morgan fingerprint density at radius 1 is 0.970 bits per heavy atom. The Hall–Kier alpha value is -4.00. The van der Waals surface area contributed by atoms with Gasteiger partial charge in [0.05, 0.1) is 11.4 Å². The van der Waals surface area contributed by atoms with Crippen molar-refractivity contribution in [3.05, 3.63) is 87.7 Å². The first-order valence-corrected chi connectivity index (χ1v) is 10.8. The standard InChI is InChI=1S/C26H26N4O3/c1-16-10-11-23(17(2)14-16)30-19(4)21(18(3)28-30)15-22-24(31)27-26(33)29(25(22)32)13-12-20-8-6-5-7-9-20/h5-11,14-15H,12-13H2,1-4H3,(H,27,31,33)/b22-15+. The lowest BCUT2D eigenvalue weighted by Gasteiger charge is -2.26. The number of nitrogens with one attached hydrogen (secondary N) is 1.